The van der Waals surface area contributed by atoms with Gasteiger partial charge in [0.2, 0.25) is 0 Å². The number of carbonyl (C=O) groups is 2. The molecule has 0 bridgehead atoms. The average Bonchev–Trinajstić information content (AvgIpc) is 3.13. The molecule has 2 heterocycles. The predicted octanol–water partition coefficient (Wildman–Crippen LogP) is 3.36. The molecule has 1 aromatic heterocycles. The third kappa shape index (κ3) is 5.13. The number of benzene rings is 1. The molecule has 1 fully saturated rings. The molecule has 0 spiro atoms. The first-order valence-corrected chi connectivity index (χ1v) is 9.90. The second kappa shape index (κ2) is 9.08. The van der Waals surface area contributed by atoms with Gasteiger partial charge in [0.25, 0.3) is 11.8 Å². The molecule has 1 saturated heterocycles. The number of nitrogens with zero attached hydrogens (tertiary/aromatic N) is 2. The van der Waals surface area contributed by atoms with E-state index in [9.17, 15) is 9.59 Å². The summed E-state index contributed by atoms with van der Waals surface area (Å²) in [4.78, 5) is 28.1. The summed E-state index contributed by atoms with van der Waals surface area (Å²) in [7, 11) is 0. The lowest BCUT2D eigenvalue weighted by Crippen LogP contribution is -2.51. The third-order valence-electron chi connectivity index (χ3n) is 4.53. The van der Waals surface area contributed by atoms with Crippen molar-refractivity contribution >= 4 is 27.7 Å². The fraction of sp³-hybridized carbons (Fsp3) is 0.400. The van der Waals surface area contributed by atoms with E-state index < -0.39 is 0 Å². The molecule has 0 saturated carbocycles. The second-order valence-electron chi connectivity index (χ2n) is 6.46. The summed E-state index contributed by atoms with van der Waals surface area (Å²) in [5.41, 5.74) is 1.26. The molecular weight excluding hydrogens is 412 g/mol. The molecule has 3 rings (SSSR count). The summed E-state index contributed by atoms with van der Waals surface area (Å²) in [6, 6.07) is 11.2. The van der Waals surface area contributed by atoms with Crippen molar-refractivity contribution in [3.63, 3.8) is 0 Å². The predicted molar refractivity (Wildman–Crippen MR) is 105 cm³/mol. The summed E-state index contributed by atoms with van der Waals surface area (Å²) < 4.78 is 11.4. The highest BCUT2D eigenvalue weighted by Gasteiger charge is 2.26. The zero-order valence-electron chi connectivity index (χ0n) is 15.3. The van der Waals surface area contributed by atoms with Crippen molar-refractivity contribution in [1.82, 2.24) is 9.80 Å². The lowest BCUT2D eigenvalue weighted by molar-refractivity contribution is -0.134. The van der Waals surface area contributed by atoms with Crippen LogP contribution in [0.1, 0.15) is 29.5 Å². The van der Waals surface area contributed by atoms with E-state index in [4.69, 9.17) is 9.15 Å². The van der Waals surface area contributed by atoms with E-state index in [1.165, 1.54) is 5.56 Å². The van der Waals surface area contributed by atoms with Gasteiger partial charge >= 0.3 is 0 Å². The van der Waals surface area contributed by atoms with Crippen LogP contribution in [0.5, 0.6) is 5.75 Å². The van der Waals surface area contributed by atoms with Crippen molar-refractivity contribution in [1.29, 1.82) is 0 Å². The number of hydrogen-bond donors (Lipinski definition) is 0. The monoisotopic (exact) mass is 434 g/mol. The van der Waals surface area contributed by atoms with E-state index in [1.54, 1.807) is 21.9 Å². The molecule has 1 aromatic carbocycles. The summed E-state index contributed by atoms with van der Waals surface area (Å²) >= 11 is 3.20. The lowest BCUT2D eigenvalue weighted by atomic mass is 10.1. The molecule has 1 aliphatic rings. The van der Waals surface area contributed by atoms with E-state index in [-0.39, 0.29) is 18.4 Å². The number of amides is 2. The maximum Gasteiger partial charge on any atom is 0.289 e. The Hall–Kier alpha value is -2.28. The van der Waals surface area contributed by atoms with Crippen LogP contribution < -0.4 is 4.74 Å². The van der Waals surface area contributed by atoms with Gasteiger partial charge in [-0.25, -0.2) is 0 Å². The molecule has 144 valence electrons. The number of hydrogen-bond acceptors (Lipinski definition) is 4. The van der Waals surface area contributed by atoms with Crippen molar-refractivity contribution < 1.29 is 18.7 Å². The van der Waals surface area contributed by atoms with Crippen LogP contribution in [0.3, 0.4) is 0 Å². The van der Waals surface area contributed by atoms with Gasteiger partial charge in [0.05, 0.1) is 0 Å². The number of carbonyl (C=O) groups excluding carboxylic acids is 2. The third-order valence-corrected chi connectivity index (χ3v) is 4.95. The van der Waals surface area contributed by atoms with E-state index >= 15 is 0 Å². The van der Waals surface area contributed by atoms with Crippen LogP contribution in [0.15, 0.2) is 45.5 Å². The lowest BCUT2D eigenvalue weighted by Gasteiger charge is -2.34. The van der Waals surface area contributed by atoms with Crippen molar-refractivity contribution in [2.45, 2.75) is 19.8 Å². The first-order valence-electron chi connectivity index (χ1n) is 9.11. The Labute approximate surface area is 167 Å². The topological polar surface area (TPSA) is 63.0 Å². The van der Waals surface area contributed by atoms with Gasteiger partial charge < -0.3 is 19.0 Å². The van der Waals surface area contributed by atoms with Gasteiger partial charge in [-0.1, -0.05) is 25.5 Å². The van der Waals surface area contributed by atoms with Crippen molar-refractivity contribution in [2.24, 2.45) is 0 Å². The van der Waals surface area contributed by atoms with E-state index in [2.05, 4.69) is 22.9 Å². The average molecular weight is 435 g/mol. The molecule has 0 atom stereocenters. The molecule has 2 amide bonds. The fourth-order valence-electron chi connectivity index (χ4n) is 3.02. The Morgan fingerprint density at radius 2 is 1.70 bits per heavy atom. The van der Waals surface area contributed by atoms with Crippen LogP contribution in [0.4, 0.5) is 0 Å². The molecule has 0 unspecified atom stereocenters. The Bertz CT molecular complexity index is 780. The number of aryl methyl sites for hydroxylation is 1. The van der Waals surface area contributed by atoms with Crippen LogP contribution in [0.2, 0.25) is 0 Å². The van der Waals surface area contributed by atoms with Gasteiger partial charge in [-0.05, 0) is 52.2 Å². The Morgan fingerprint density at radius 3 is 2.30 bits per heavy atom. The fourth-order valence-corrected chi connectivity index (χ4v) is 3.33. The first-order chi connectivity index (χ1) is 13.1. The molecule has 0 aliphatic carbocycles. The Morgan fingerprint density at radius 1 is 1.04 bits per heavy atom. The molecule has 6 nitrogen and oxygen atoms in total. The van der Waals surface area contributed by atoms with E-state index in [0.717, 1.165) is 12.8 Å². The van der Waals surface area contributed by atoms with Crippen molar-refractivity contribution in [3.8, 4) is 5.75 Å². The standard InChI is InChI=1S/C20H23BrN2O4/c1-2-3-15-4-6-16(7-5-15)26-14-19(24)22-10-12-23(13-11-22)20(25)17-8-9-18(21)27-17/h4-9H,2-3,10-14H2,1H3. The maximum atomic E-state index is 12.4. The van der Waals surface area contributed by atoms with Crippen LogP contribution in [-0.4, -0.2) is 54.4 Å². The van der Waals surface area contributed by atoms with Crippen LogP contribution in [-0.2, 0) is 11.2 Å². The zero-order chi connectivity index (χ0) is 19.2. The SMILES string of the molecule is CCCc1ccc(OCC(=O)N2CCN(C(=O)c3ccc(Br)o3)CC2)cc1. The molecule has 2 aromatic rings. The first kappa shape index (κ1) is 19.5. The molecule has 1 aliphatic heterocycles. The Balaban J connectivity index is 1.45. The number of furan rings is 1. The number of ether oxygens (including phenoxy) is 1. The Kier molecular flexibility index (Phi) is 6.55. The van der Waals surface area contributed by atoms with Gasteiger partial charge in [0.15, 0.2) is 17.0 Å². The van der Waals surface area contributed by atoms with Crippen LogP contribution >= 0.6 is 15.9 Å². The molecule has 0 radical (unpaired) electrons. The normalized spacial score (nSPS) is 14.3. The van der Waals surface area contributed by atoms with Gasteiger partial charge in [0.1, 0.15) is 5.75 Å². The number of halogens is 1. The summed E-state index contributed by atoms with van der Waals surface area (Å²) in [5.74, 6) is 0.772. The minimum atomic E-state index is -0.156. The van der Waals surface area contributed by atoms with Gasteiger partial charge in [-0.3, -0.25) is 9.59 Å². The maximum absolute atomic E-state index is 12.4. The smallest absolute Gasteiger partial charge is 0.289 e. The summed E-state index contributed by atoms with van der Waals surface area (Å²) in [6.45, 7) is 4.09. The highest BCUT2D eigenvalue weighted by atomic mass is 79.9. The molecule has 7 heteroatoms. The number of rotatable bonds is 6. The quantitative estimate of drug-likeness (QED) is 0.698. The minimum absolute atomic E-state index is 0.00615. The summed E-state index contributed by atoms with van der Waals surface area (Å²) in [6.07, 6.45) is 2.14. The van der Waals surface area contributed by atoms with Gasteiger partial charge in [-0.15, -0.1) is 0 Å². The van der Waals surface area contributed by atoms with E-state index in [1.807, 2.05) is 24.3 Å². The van der Waals surface area contributed by atoms with Crippen molar-refractivity contribution in [2.75, 3.05) is 32.8 Å². The van der Waals surface area contributed by atoms with Crippen LogP contribution in [0.25, 0.3) is 0 Å². The minimum Gasteiger partial charge on any atom is -0.484 e. The molecule has 27 heavy (non-hydrogen) atoms. The largest absolute Gasteiger partial charge is 0.484 e. The van der Waals surface area contributed by atoms with Gasteiger partial charge in [-0.2, -0.15) is 0 Å². The molecule has 0 N–H and O–H groups in total. The highest BCUT2D eigenvalue weighted by Crippen LogP contribution is 2.17. The highest BCUT2D eigenvalue weighted by molar-refractivity contribution is 9.10. The second-order valence-corrected chi connectivity index (χ2v) is 7.24. The number of piperazine rings is 1. The molecular formula is C20H23BrN2O4. The van der Waals surface area contributed by atoms with Gasteiger partial charge in [0, 0.05) is 26.2 Å². The zero-order valence-corrected chi connectivity index (χ0v) is 16.9. The van der Waals surface area contributed by atoms with Crippen LogP contribution in [0, 0.1) is 0 Å². The van der Waals surface area contributed by atoms with E-state index in [0.29, 0.717) is 42.4 Å². The summed E-state index contributed by atoms with van der Waals surface area (Å²) in [5, 5.41) is 0. The van der Waals surface area contributed by atoms with Crippen molar-refractivity contribution in [3.05, 3.63) is 52.4 Å².